The Morgan fingerprint density at radius 3 is 2.88 bits per heavy atom. The average Bonchev–Trinajstić information content (AvgIpc) is 2.61. The van der Waals surface area contributed by atoms with Crippen LogP contribution in [0.4, 0.5) is 16.2 Å². The van der Waals surface area contributed by atoms with Crippen LogP contribution >= 0.6 is 0 Å². The standard InChI is InChI=1S/C19H23N3O2/c1-21(19(20)23)16-8-9-18-15(12-16)6-4-10-22(18)13-14-5-3-7-17(11-14)24-2/h3,5,7-9,11-12H,4,6,10,13H2,1-2H3,(H2,20,23). The number of aryl methyl sites for hydroxylation is 1. The highest BCUT2D eigenvalue weighted by Crippen LogP contribution is 2.32. The van der Waals surface area contributed by atoms with Gasteiger partial charge in [-0.05, 0) is 54.3 Å². The van der Waals surface area contributed by atoms with E-state index in [-0.39, 0.29) is 0 Å². The summed E-state index contributed by atoms with van der Waals surface area (Å²) in [5.41, 5.74) is 9.91. The SMILES string of the molecule is COc1cccc(CN2CCCc3cc(N(C)C(N)=O)ccc32)c1. The van der Waals surface area contributed by atoms with Gasteiger partial charge in [-0.3, -0.25) is 4.90 Å². The summed E-state index contributed by atoms with van der Waals surface area (Å²) in [6.07, 6.45) is 2.12. The molecule has 2 aromatic carbocycles. The van der Waals surface area contributed by atoms with E-state index in [0.29, 0.717) is 0 Å². The van der Waals surface area contributed by atoms with Crippen LogP contribution in [0.15, 0.2) is 42.5 Å². The molecule has 2 N–H and O–H groups in total. The molecule has 1 aliphatic rings. The Hall–Kier alpha value is -2.69. The van der Waals surface area contributed by atoms with Crippen molar-refractivity contribution in [3.63, 3.8) is 0 Å². The first-order valence-corrected chi connectivity index (χ1v) is 8.12. The zero-order valence-electron chi connectivity index (χ0n) is 14.2. The zero-order valence-corrected chi connectivity index (χ0v) is 14.2. The molecule has 0 bridgehead atoms. The highest BCUT2D eigenvalue weighted by molar-refractivity contribution is 5.90. The molecule has 2 aromatic rings. The molecule has 0 saturated heterocycles. The Kier molecular flexibility index (Phi) is 4.60. The monoisotopic (exact) mass is 325 g/mol. The number of primary amides is 1. The minimum absolute atomic E-state index is 0.445. The van der Waals surface area contributed by atoms with Gasteiger partial charge in [0.05, 0.1) is 7.11 Å². The van der Waals surface area contributed by atoms with Gasteiger partial charge in [-0.25, -0.2) is 4.79 Å². The van der Waals surface area contributed by atoms with Gasteiger partial charge in [-0.2, -0.15) is 0 Å². The molecule has 1 heterocycles. The molecule has 0 unspecified atom stereocenters. The highest BCUT2D eigenvalue weighted by Gasteiger charge is 2.19. The van der Waals surface area contributed by atoms with E-state index in [2.05, 4.69) is 29.2 Å². The summed E-state index contributed by atoms with van der Waals surface area (Å²) in [7, 11) is 3.38. The van der Waals surface area contributed by atoms with E-state index in [4.69, 9.17) is 10.5 Å². The fraction of sp³-hybridized carbons (Fsp3) is 0.316. The Morgan fingerprint density at radius 2 is 2.12 bits per heavy atom. The van der Waals surface area contributed by atoms with Crippen molar-refractivity contribution in [1.29, 1.82) is 0 Å². The molecule has 5 nitrogen and oxygen atoms in total. The number of fused-ring (bicyclic) bond motifs is 1. The maximum absolute atomic E-state index is 11.4. The number of benzene rings is 2. The fourth-order valence-electron chi connectivity index (χ4n) is 3.15. The van der Waals surface area contributed by atoms with Crippen LogP contribution in [-0.2, 0) is 13.0 Å². The van der Waals surface area contributed by atoms with Crippen molar-refractivity contribution in [2.24, 2.45) is 5.73 Å². The van der Waals surface area contributed by atoms with E-state index < -0.39 is 6.03 Å². The third-order valence-electron chi connectivity index (χ3n) is 4.50. The second-order valence-electron chi connectivity index (χ2n) is 6.09. The number of nitrogens with two attached hydrogens (primary N) is 1. The predicted octanol–water partition coefficient (Wildman–Crippen LogP) is 3.16. The third-order valence-corrected chi connectivity index (χ3v) is 4.50. The number of amides is 2. The number of carbonyl (C=O) groups excluding carboxylic acids is 1. The lowest BCUT2D eigenvalue weighted by Crippen LogP contribution is -2.32. The molecular formula is C19H23N3O2. The number of hydrogen-bond donors (Lipinski definition) is 1. The molecule has 0 atom stereocenters. The lowest BCUT2D eigenvalue weighted by atomic mass is 10.00. The Bertz CT molecular complexity index is 745. The van der Waals surface area contributed by atoms with Crippen LogP contribution in [0, 0.1) is 0 Å². The van der Waals surface area contributed by atoms with Crippen molar-refractivity contribution in [3.05, 3.63) is 53.6 Å². The molecule has 5 heteroatoms. The summed E-state index contributed by atoms with van der Waals surface area (Å²) in [5.74, 6) is 0.878. The molecule has 0 spiro atoms. The van der Waals surface area contributed by atoms with Crippen molar-refractivity contribution in [2.75, 3.05) is 30.5 Å². The van der Waals surface area contributed by atoms with Crippen LogP contribution in [0.25, 0.3) is 0 Å². The fourth-order valence-corrected chi connectivity index (χ4v) is 3.15. The van der Waals surface area contributed by atoms with E-state index in [1.807, 2.05) is 18.2 Å². The number of nitrogens with zero attached hydrogens (tertiary/aromatic N) is 2. The van der Waals surface area contributed by atoms with Crippen LogP contribution in [0.1, 0.15) is 17.5 Å². The lowest BCUT2D eigenvalue weighted by molar-refractivity contribution is 0.255. The van der Waals surface area contributed by atoms with Crippen molar-refractivity contribution >= 4 is 17.4 Å². The minimum atomic E-state index is -0.445. The van der Waals surface area contributed by atoms with Gasteiger partial charge in [0.25, 0.3) is 0 Å². The Morgan fingerprint density at radius 1 is 1.29 bits per heavy atom. The summed E-state index contributed by atoms with van der Waals surface area (Å²) >= 11 is 0. The summed E-state index contributed by atoms with van der Waals surface area (Å²) in [5, 5.41) is 0. The molecule has 0 radical (unpaired) electrons. The van der Waals surface area contributed by atoms with E-state index in [0.717, 1.165) is 37.4 Å². The second kappa shape index (κ2) is 6.83. The van der Waals surface area contributed by atoms with Crippen LogP contribution in [0.3, 0.4) is 0 Å². The van der Waals surface area contributed by atoms with Crippen molar-refractivity contribution in [2.45, 2.75) is 19.4 Å². The zero-order chi connectivity index (χ0) is 17.1. The molecule has 3 rings (SSSR count). The first-order chi connectivity index (χ1) is 11.6. The molecular weight excluding hydrogens is 302 g/mol. The van der Waals surface area contributed by atoms with Gasteiger partial charge < -0.3 is 15.4 Å². The van der Waals surface area contributed by atoms with Gasteiger partial charge in [0.1, 0.15) is 5.75 Å². The number of rotatable bonds is 4. The Labute approximate surface area is 142 Å². The van der Waals surface area contributed by atoms with Crippen molar-refractivity contribution in [3.8, 4) is 5.75 Å². The second-order valence-corrected chi connectivity index (χ2v) is 6.09. The van der Waals surface area contributed by atoms with Gasteiger partial charge in [0.2, 0.25) is 0 Å². The number of carbonyl (C=O) groups is 1. The predicted molar refractivity (Wildman–Crippen MR) is 96.8 cm³/mol. The molecule has 126 valence electrons. The van der Waals surface area contributed by atoms with E-state index >= 15 is 0 Å². The highest BCUT2D eigenvalue weighted by atomic mass is 16.5. The number of methoxy groups -OCH3 is 1. The maximum atomic E-state index is 11.4. The topological polar surface area (TPSA) is 58.8 Å². The van der Waals surface area contributed by atoms with Crippen LogP contribution in [0.5, 0.6) is 5.75 Å². The van der Waals surface area contributed by atoms with Crippen molar-refractivity contribution in [1.82, 2.24) is 0 Å². The summed E-state index contributed by atoms with van der Waals surface area (Å²) in [6, 6.07) is 13.8. The molecule has 24 heavy (non-hydrogen) atoms. The van der Waals surface area contributed by atoms with E-state index in [9.17, 15) is 4.79 Å². The lowest BCUT2D eigenvalue weighted by Gasteiger charge is -2.32. The molecule has 0 saturated carbocycles. The minimum Gasteiger partial charge on any atom is -0.497 e. The van der Waals surface area contributed by atoms with Gasteiger partial charge in [0, 0.05) is 31.5 Å². The van der Waals surface area contributed by atoms with Gasteiger partial charge in [0.15, 0.2) is 0 Å². The first-order valence-electron chi connectivity index (χ1n) is 8.12. The number of hydrogen-bond acceptors (Lipinski definition) is 3. The molecule has 2 amide bonds. The van der Waals surface area contributed by atoms with Crippen LogP contribution in [-0.4, -0.2) is 26.7 Å². The Balaban J connectivity index is 1.84. The maximum Gasteiger partial charge on any atom is 0.318 e. The molecule has 0 aromatic heterocycles. The third kappa shape index (κ3) is 3.30. The summed E-state index contributed by atoms with van der Waals surface area (Å²) in [6.45, 7) is 1.87. The van der Waals surface area contributed by atoms with Crippen LogP contribution < -0.4 is 20.3 Å². The van der Waals surface area contributed by atoms with Gasteiger partial charge in [-0.15, -0.1) is 0 Å². The normalized spacial score (nSPS) is 13.3. The quantitative estimate of drug-likeness (QED) is 0.939. The summed E-state index contributed by atoms with van der Waals surface area (Å²) < 4.78 is 5.31. The largest absolute Gasteiger partial charge is 0.497 e. The molecule has 0 fully saturated rings. The first kappa shape index (κ1) is 16.2. The van der Waals surface area contributed by atoms with Crippen molar-refractivity contribution < 1.29 is 9.53 Å². The number of anilines is 2. The molecule has 0 aliphatic carbocycles. The average molecular weight is 325 g/mol. The van der Waals surface area contributed by atoms with Gasteiger partial charge in [-0.1, -0.05) is 12.1 Å². The van der Waals surface area contributed by atoms with Gasteiger partial charge >= 0.3 is 6.03 Å². The van der Waals surface area contributed by atoms with Crippen LogP contribution in [0.2, 0.25) is 0 Å². The smallest absolute Gasteiger partial charge is 0.318 e. The molecule has 1 aliphatic heterocycles. The van der Waals surface area contributed by atoms with E-state index in [1.165, 1.54) is 21.7 Å². The number of ether oxygens (including phenoxy) is 1. The number of urea groups is 1. The summed E-state index contributed by atoms with van der Waals surface area (Å²) in [4.78, 5) is 15.2. The van der Waals surface area contributed by atoms with E-state index in [1.54, 1.807) is 14.2 Å².